The van der Waals surface area contributed by atoms with Crippen molar-refractivity contribution in [2.75, 3.05) is 4.90 Å². The summed E-state index contributed by atoms with van der Waals surface area (Å²) < 4.78 is 13.7. The van der Waals surface area contributed by atoms with Gasteiger partial charge >= 0.3 is 0 Å². The highest BCUT2D eigenvalue weighted by Gasteiger charge is 2.24. The zero-order valence-electron chi connectivity index (χ0n) is 36.4. The molecule has 13 rings (SSSR count). The Kier molecular flexibility index (Phi) is 9.17. The first-order chi connectivity index (χ1) is 33.2. The monoisotopic (exact) mass is 855 g/mol. The van der Waals surface area contributed by atoms with E-state index in [4.69, 9.17) is 8.83 Å². The van der Waals surface area contributed by atoms with Gasteiger partial charge in [0, 0.05) is 49.7 Å². The molecule has 0 radical (unpaired) electrons. The van der Waals surface area contributed by atoms with Gasteiger partial charge in [-0.3, -0.25) is 0 Å². The van der Waals surface area contributed by atoms with Crippen LogP contribution in [0.1, 0.15) is 0 Å². The van der Waals surface area contributed by atoms with Crippen LogP contribution in [0.2, 0.25) is 0 Å². The lowest BCUT2D eigenvalue weighted by atomic mass is 9.91. The topological polar surface area (TPSA) is 29.5 Å². The van der Waals surface area contributed by atoms with Crippen molar-refractivity contribution in [2.45, 2.75) is 0 Å². The molecular weight excluding hydrogens is 815 g/mol. The van der Waals surface area contributed by atoms with E-state index >= 15 is 0 Å². The Hall–Kier alpha value is -8.92. The molecule has 13 aromatic rings. The number of hydrogen-bond acceptors (Lipinski definition) is 3. The van der Waals surface area contributed by atoms with E-state index in [-0.39, 0.29) is 0 Å². The molecule has 11 aromatic carbocycles. The molecule has 0 aliphatic rings. The highest BCUT2D eigenvalue weighted by atomic mass is 16.3. The van der Waals surface area contributed by atoms with Gasteiger partial charge in [-0.15, -0.1) is 0 Å². The van der Waals surface area contributed by atoms with E-state index in [9.17, 15) is 0 Å². The van der Waals surface area contributed by atoms with Crippen molar-refractivity contribution in [3.63, 3.8) is 0 Å². The predicted molar refractivity (Wildman–Crippen MR) is 280 cm³/mol. The van der Waals surface area contributed by atoms with E-state index in [1.165, 1.54) is 27.6 Å². The molecule has 0 N–H and O–H groups in total. The molecule has 0 atom stereocenters. The molecule has 2 aromatic heterocycles. The zero-order valence-corrected chi connectivity index (χ0v) is 36.4. The molecule has 0 bridgehead atoms. The normalized spacial score (nSPS) is 11.6. The minimum atomic E-state index is 0.824. The van der Waals surface area contributed by atoms with Gasteiger partial charge in [-0.2, -0.15) is 0 Å². The number of para-hydroxylation sites is 1. The van der Waals surface area contributed by atoms with E-state index in [1.54, 1.807) is 0 Å². The number of nitrogens with zero attached hydrogens (tertiary/aromatic N) is 1. The van der Waals surface area contributed by atoms with Crippen LogP contribution >= 0.6 is 0 Å². The number of furan rings is 2. The molecule has 0 saturated carbocycles. The van der Waals surface area contributed by atoms with Crippen LogP contribution in [-0.2, 0) is 0 Å². The number of fused-ring (bicyclic) bond motifs is 9. The third-order valence-corrected chi connectivity index (χ3v) is 13.3. The van der Waals surface area contributed by atoms with Gasteiger partial charge in [0.1, 0.15) is 22.5 Å². The maximum Gasteiger partial charge on any atom is 0.143 e. The second-order valence-electron chi connectivity index (χ2n) is 17.2. The van der Waals surface area contributed by atoms with Crippen LogP contribution in [0.5, 0.6) is 0 Å². The largest absolute Gasteiger partial charge is 0.456 e. The number of benzene rings is 11. The van der Waals surface area contributed by atoms with Crippen molar-refractivity contribution in [1.82, 2.24) is 0 Å². The maximum atomic E-state index is 7.25. The van der Waals surface area contributed by atoms with Gasteiger partial charge in [0.15, 0.2) is 0 Å². The smallest absolute Gasteiger partial charge is 0.143 e. The van der Waals surface area contributed by atoms with E-state index in [1.807, 2.05) is 12.1 Å². The fourth-order valence-corrected chi connectivity index (χ4v) is 10.0. The first-order valence-electron chi connectivity index (χ1n) is 22.8. The second-order valence-corrected chi connectivity index (χ2v) is 17.2. The van der Waals surface area contributed by atoms with Crippen LogP contribution in [0.15, 0.2) is 258 Å². The van der Waals surface area contributed by atoms with Crippen LogP contribution in [0.4, 0.5) is 17.1 Å². The van der Waals surface area contributed by atoms with E-state index in [0.29, 0.717) is 0 Å². The Balaban J connectivity index is 0.945. The lowest BCUT2D eigenvalue weighted by Crippen LogP contribution is -2.09. The third-order valence-electron chi connectivity index (χ3n) is 13.3. The summed E-state index contributed by atoms with van der Waals surface area (Å²) in [5, 5.41) is 7.88. The van der Waals surface area contributed by atoms with Gasteiger partial charge in [-0.05, 0) is 116 Å². The minimum Gasteiger partial charge on any atom is -0.456 e. The summed E-state index contributed by atoms with van der Waals surface area (Å²) in [6.45, 7) is 0. The molecule has 0 amide bonds. The summed E-state index contributed by atoms with van der Waals surface area (Å²) in [5.74, 6) is 0.824. The molecular formula is C64H41NO2. The Morgan fingerprint density at radius 1 is 0.254 bits per heavy atom. The summed E-state index contributed by atoms with van der Waals surface area (Å²) in [5.41, 5.74) is 16.0. The van der Waals surface area contributed by atoms with Crippen molar-refractivity contribution in [3.05, 3.63) is 249 Å². The summed E-state index contributed by atoms with van der Waals surface area (Å²) in [6, 6.07) is 88.7. The van der Waals surface area contributed by atoms with Gasteiger partial charge in [0.25, 0.3) is 0 Å². The summed E-state index contributed by atoms with van der Waals surface area (Å²) >= 11 is 0. The SMILES string of the molecule is c1ccc(-c2ccc(N(c3ccc(-c4ccccc4)cc3)c3ccc(-c4ccc5c6ccccc6c6c(-c7ccccc7)c(-c7ccc8c(c7)oc7ccccc78)oc6c5c4)cc3)cc2)cc1. The highest BCUT2D eigenvalue weighted by molar-refractivity contribution is 6.29. The van der Waals surface area contributed by atoms with E-state index in [2.05, 4.69) is 241 Å². The lowest BCUT2D eigenvalue weighted by Gasteiger charge is -2.26. The van der Waals surface area contributed by atoms with Crippen LogP contribution in [0.3, 0.4) is 0 Å². The Morgan fingerprint density at radius 3 is 1.27 bits per heavy atom. The molecule has 2 heterocycles. The molecule has 0 unspecified atom stereocenters. The average molecular weight is 856 g/mol. The number of rotatable bonds is 8. The fraction of sp³-hybridized carbons (Fsp3) is 0. The molecule has 3 nitrogen and oxygen atoms in total. The Labute approximate surface area is 388 Å². The minimum absolute atomic E-state index is 0.824. The van der Waals surface area contributed by atoms with Gasteiger partial charge in [0.2, 0.25) is 0 Å². The Morgan fingerprint density at radius 2 is 0.672 bits per heavy atom. The van der Waals surface area contributed by atoms with Gasteiger partial charge < -0.3 is 13.7 Å². The average Bonchev–Trinajstić information content (AvgIpc) is 4.00. The van der Waals surface area contributed by atoms with Crippen LogP contribution < -0.4 is 4.90 Å². The second kappa shape index (κ2) is 16.0. The molecule has 0 aliphatic carbocycles. The molecule has 0 aliphatic heterocycles. The van der Waals surface area contributed by atoms with Crippen molar-refractivity contribution < 1.29 is 8.83 Å². The predicted octanol–water partition coefficient (Wildman–Crippen LogP) is 18.4. The first kappa shape index (κ1) is 38.5. The van der Waals surface area contributed by atoms with E-state index in [0.717, 1.165) is 99.7 Å². The lowest BCUT2D eigenvalue weighted by molar-refractivity contribution is 0.635. The Bertz CT molecular complexity index is 3840. The van der Waals surface area contributed by atoms with Crippen LogP contribution in [0, 0.1) is 0 Å². The quantitative estimate of drug-likeness (QED) is 0.143. The highest BCUT2D eigenvalue weighted by Crippen LogP contribution is 2.49. The maximum absolute atomic E-state index is 7.25. The first-order valence-corrected chi connectivity index (χ1v) is 22.8. The molecule has 0 spiro atoms. The molecule has 3 heteroatoms. The van der Waals surface area contributed by atoms with Crippen molar-refractivity contribution in [2.24, 2.45) is 0 Å². The van der Waals surface area contributed by atoms with E-state index < -0.39 is 0 Å². The van der Waals surface area contributed by atoms with Crippen LogP contribution in [0.25, 0.3) is 110 Å². The number of anilines is 3. The fourth-order valence-electron chi connectivity index (χ4n) is 10.0. The van der Waals surface area contributed by atoms with Crippen LogP contribution in [-0.4, -0.2) is 0 Å². The summed E-state index contributed by atoms with van der Waals surface area (Å²) in [7, 11) is 0. The number of hydrogen-bond donors (Lipinski definition) is 0. The van der Waals surface area contributed by atoms with Crippen molar-refractivity contribution in [1.29, 1.82) is 0 Å². The van der Waals surface area contributed by atoms with Gasteiger partial charge in [0.05, 0.1) is 0 Å². The third kappa shape index (κ3) is 6.67. The van der Waals surface area contributed by atoms with Crippen molar-refractivity contribution >= 4 is 71.5 Å². The molecule has 314 valence electrons. The van der Waals surface area contributed by atoms with Gasteiger partial charge in [-0.25, -0.2) is 0 Å². The van der Waals surface area contributed by atoms with Gasteiger partial charge in [-0.1, -0.05) is 188 Å². The standard InChI is InChI=1S/C64H41NO2/c1-4-14-42(15-5-1)44-24-32-50(33-25-44)65(51-34-26-45(27-35-51)43-16-6-2-7-17-43)52-36-28-46(29-37-52)48-30-38-54-53-20-10-11-22-57(53)62-61(47-18-8-3-9-19-47)63(67-64(62)58(54)40-48)49-31-39-56-55-21-12-13-23-59(55)66-60(56)41-49/h1-41H. The summed E-state index contributed by atoms with van der Waals surface area (Å²) in [4.78, 5) is 2.33. The van der Waals surface area contributed by atoms with Crippen molar-refractivity contribution in [3.8, 4) is 55.8 Å². The molecule has 0 fully saturated rings. The zero-order chi connectivity index (χ0) is 44.3. The summed E-state index contributed by atoms with van der Waals surface area (Å²) in [6.07, 6.45) is 0. The molecule has 0 saturated heterocycles. The molecule has 67 heavy (non-hydrogen) atoms.